The number of amides is 1. The molecule has 0 aliphatic carbocycles. The van der Waals surface area contributed by atoms with Gasteiger partial charge in [-0.3, -0.25) is 4.98 Å². The van der Waals surface area contributed by atoms with Crippen molar-refractivity contribution in [1.82, 2.24) is 9.88 Å². The molecule has 1 amide bonds. The van der Waals surface area contributed by atoms with Crippen molar-refractivity contribution >= 4 is 20.4 Å². The molecule has 2 heterocycles. The zero-order valence-electron chi connectivity index (χ0n) is 28.5. The predicted octanol–water partition coefficient (Wildman–Crippen LogP) is 7.93. The predicted molar refractivity (Wildman–Crippen MR) is 181 cm³/mol. The van der Waals surface area contributed by atoms with Crippen LogP contribution in [0.25, 0.3) is 11.1 Å². The van der Waals surface area contributed by atoms with Gasteiger partial charge in [0.15, 0.2) is 8.32 Å². The first kappa shape index (κ1) is 35.0. The number of nitrogens with zero attached hydrogens (tertiary/aromatic N) is 2. The first-order valence-corrected chi connectivity index (χ1v) is 18.6. The van der Waals surface area contributed by atoms with E-state index >= 15 is 0 Å². The summed E-state index contributed by atoms with van der Waals surface area (Å²) in [5.74, 6) is 0.0243. The van der Waals surface area contributed by atoms with Crippen molar-refractivity contribution in [2.24, 2.45) is 0 Å². The fraction of sp³-hybridized carbons (Fsp3) is 0.472. The molecule has 0 saturated heterocycles. The summed E-state index contributed by atoms with van der Waals surface area (Å²) >= 11 is 0. The van der Waals surface area contributed by atoms with E-state index in [9.17, 15) is 14.7 Å². The fourth-order valence-corrected chi connectivity index (χ4v) is 6.33. The zero-order valence-corrected chi connectivity index (χ0v) is 29.5. The van der Waals surface area contributed by atoms with Crippen molar-refractivity contribution < 1.29 is 33.3 Å². The third-order valence-corrected chi connectivity index (χ3v) is 13.1. The molecule has 0 unspecified atom stereocenters. The van der Waals surface area contributed by atoms with Crippen molar-refractivity contribution in [2.45, 2.75) is 90.3 Å². The number of hydrogen-bond donors (Lipinski definition) is 1. The van der Waals surface area contributed by atoms with Gasteiger partial charge in [0.05, 0.1) is 26.3 Å². The Balaban J connectivity index is 1.56. The van der Waals surface area contributed by atoms with E-state index in [0.29, 0.717) is 19.5 Å². The van der Waals surface area contributed by atoms with Gasteiger partial charge in [0.2, 0.25) is 0 Å². The lowest BCUT2D eigenvalue weighted by atomic mass is 9.96. The molecule has 3 aromatic rings. The summed E-state index contributed by atoms with van der Waals surface area (Å²) in [5.41, 5.74) is 3.06. The number of methoxy groups -OCH3 is 1. The molecule has 248 valence electrons. The van der Waals surface area contributed by atoms with Crippen LogP contribution in [0.15, 0.2) is 60.9 Å². The highest BCUT2D eigenvalue weighted by molar-refractivity contribution is 6.74. The quantitative estimate of drug-likeness (QED) is 0.184. The number of carbonyl (C=O) groups excluding carboxylic acids is 2. The van der Waals surface area contributed by atoms with E-state index in [1.807, 2.05) is 51.1 Å². The van der Waals surface area contributed by atoms with Gasteiger partial charge in [-0.2, -0.15) is 0 Å². The van der Waals surface area contributed by atoms with E-state index in [-0.39, 0.29) is 28.6 Å². The number of fused-ring (bicyclic) bond motifs is 1. The van der Waals surface area contributed by atoms with Gasteiger partial charge in [0.1, 0.15) is 28.8 Å². The number of carbonyl (C=O) groups is 2. The first-order chi connectivity index (χ1) is 21.5. The van der Waals surface area contributed by atoms with Crippen LogP contribution >= 0.6 is 0 Å². The molecule has 0 fully saturated rings. The summed E-state index contributed by atoms with van der Waals surface area (Å²) < 4.78 is 24.0. The summed E-state index contributed by atoms with van der Waals surface area (Å²) in [6.07, 6.45) is 3.92. The molecule has 9 nitrogen and oxygen atoms in total. The summed E-state index contributed by atoms with van der Waals surface area (Å²) in [7, 11) is -0.944. The highest BCUT2D eigenvalue weighted by atomic mass is 28.4. The maximum atomic E-state index is 13.7. The minimum Gasteiger partial charge on any atom is -0.507 e. The zero-order chi connectivity index (χ0) is 33.9. The van der Waals surface area contributed by atoms with Gasteiger partial charge >= 0.3 is 12.1 Å². The number of pyridine rings is 1. The van der Waals surface area contributed by atoms with E-state index in [4.69, 9.17) is 18.6 Å². The number of rotatable bonds is 9. The number of phenols is 1. The van der Waals surface area contributed by atoms with E-state index in [1.165, 1.54) is 7.11 Å². The van der Waals surface area contributed by atoms with Crippen LogP contribution in [-0.4, -0.2) is 67.3 Å². The Hall–Kier alpha value is -3.89. The van der Waals surface area contributed by atoms with Crippen molar-refractivity contribution in [3.63, 3.8) is 0 Å². The number of benzene rings is 2. The molecule has 1 aromatic heterocycles. The highest BCUT2D eigenvalue weighted by Gasteiger charge is 2.41. The molecular formula is C36H48N2O7Si. The molecule has 46 heavy (non-hydrogen) atoms. The molecule has 4 rings (SSSR count). The van der Waals surface area contributed by atoms with Crippen molar-refractivity contribution in [3.05, 3.63) is 77.6 Å². The van der Waals surface area contributed by atoms with E-state index < -0.39 is 26.0 Å². The molecule has 2 aromatic carbocycles. The van der Waals surface area contributed by atoms with Crippen LogP contribution < -0.4 is 4.74 Å². The summed E-state index contributed by atoms with van der Waals surface area (Å²) in [4.78, 5) is 31.6. The lowest BCUT2D eigenvalue weighted by Crippen LogP contribution is -2.48. The van der Waals surface area contributed by atoms with Crippen LogP contribution in [-0.2, 0) is 20.3 Å². The second-order valence-electron chi connectivity index (χ2n) is 14.4. The van der Waals surface area contributed by atoms with Gasteiger partial charge in [0, 0.05) is 12.4 Å². The second kappa shape index (κ2) is 13.8. The maximum absolute atomic E-state index is 13.7. The molecular weight excluding hydrogens is 600 g/mol. The lowest BCUT2D eigenvalue weighted by Gasteiger charge is -2.41. The largest absolute Gasteiger partial charge is 0.507 e. The van der Waals surface area contributed by atoms with Crippen LogP contribution in [0, 0.1) is 0 Å². The second-order valence-corrected chi connectivity index (χ2v) is 19.1. The highest BCUT2D eigenvalue weighted by Crippen LogP contribution is 2.40. The average molecular weight is 649 g/mol. The fourth-order valence-electron chi connectivity index (χ4n) is 5.05. The molecule has 0 bridgehead atoms. The molecule has 2 atom stereocenters. The minimum atomic E-state index is -2.22. The molecule has 0 spiro atoms. The van der Waals surface area contributed by atoms with Crippen molar-refractivity contribution in [2.75, 3.05) is 20.2 Å². The topological polar surface area (TPSA) is 107 Å². The number of hydrogen-bond acceptors (Lipinski definition) is 8. The van der Waals surface area contributed by atoms with Crippen molar-refractivity contribution in [3.8, 4) is 22.6 Å². The van der Waals surface area contributed by atoms with Crippen LogP contribution in [0.2, 0.25) is 18.1 Å². The maximum Gasteiger partial charge on any atom is 0.410 e. The minimum absolute atomic E-state index is 0.0264. The number of aromatic hydroxyl groups is 1. The van der Waals surface area contributed by atoms with E-state index in [0.717, 1.165) is 34.4 Å². The third kappa shape index (κ3) is 8.67. The van der Waals surface area contributed by atoms with Gasteiger partial charge in [-0.05, 0) is 104 Å². The Morgan fingerprint density at radius 1 is 1.07 bits per heavy atom. The number of ether oxygens (including phenoxy) is 3. The summed E-state index contributed by atoms with van der Waals surface area (Å²) in [6.45, 7) is 17.2. The smallest absolute Gasteiger partial charge is 0.410 e. The van der Waals surface area contributed by atoms with Gasteiger partial charge in [0.25, 0.3) is 0 Å². The average Bonchev–Trinajstić information content (AvgIpc) is 2.98. The van der Waals surface area contributed by atoms with Crippen LogP contribution in [0.4, 0.5) is 4.79 Å². The third-order valence-electron chi connectivity index (χ3n) is 8.59. The van der Waals surface area contributed by atoms with Gasteiger partial charge in [-0.1, -0.05) is 39.0 Å². The number of aromatic nitrogens is 1. The molecule has 0 radical (unpaired) electrons. The molecule has 1 aliphatic heterocycles. The Labute approximate surface area is 274 Å². The first-order valence-electron chi connectivity index (χ1n) is 15.7. The SMILES string of the molecule is COC(=O)c1ccc(-c2ccc3c(c2)CC[C@@H](CN(C[C@@H](O[Si](C)(C)C(C)(C)C)c2cccnc2)C(=O)OC(C)(C)C)O3)cc1O. The van der Waals surface area contributed by atoms with Crippen LogP contribution in [0.3, 0.4) is 0 Å². The molecule has 0 saturated carbocycles. The Bertz CT molecular complexity index is 1530. The number of phenolic OH excluding ortho intramolecular Hbond substituents is 1. The standard InChI is InChI=1S/C36H48N2O7Si/c1-35(2,3)44-34(41)38(23-32(27-11-10-18-37-21-27)45-46(8,9)36(4,5)6)22-28-15-12-26-19-24(14-17-31(26)43-28)25-13-16-29(30(39)20-25)33(40)42-7/h10-11,13-14,16-21,28,32,39H,12,15,22-23H2,1-9H3/t28-,32+/m0/s1. The Kier molecular flexibility index (Phi) is 10.5. The Morgan fingerprint density at radius 2 is 1.76 bits per heavy atom. The van der Waals surface area contributed by atoms with E-state index in [2.05, 4.69) is 38.8 Å². The number of aryl methyl sites for hydroxylation is 1. The van der Waals surface area contributed by atoms with Gasteiger partial charge in [-0.25, -0.2) is 9.59 Å². The molecule has 1 aliphatic rings. The van der Waals surface area contributed by atoms with Gasteiger partial charge in [-0.15, -0.1) is 0 Å². The monoisotopic (exact) mass is 648 g/mol. The normalized spacial score (nSPS) is 15.7. The molecule has 10 heteroatoms. The lowest BCUT2D eigenvalue weighted by molar-refractivity contribution is 0.00490. The number of esters is 1. The van der Waals surface area contributed by atoms with Crippen molar-refractivity contribution in [1.29, 1.82) is 0 Å². The summed E-state index contributed by atoms with van der Waals surface area (Å²) in [6, 6.07) is 14.7. The summed E-state index contributed by atoms with van der Waals surface area (Å²) in [5, 5.41) is 10.4. The van der Waals surface area contributed by atoms with Crippen LogP contribution in [0.1, 0.15) is 75.6 Å². The Morgan fingerprint density at radius 3 is 2.37 bits per heavy atom. The molecule has 1 N–H and O–H groups in total. The van der Waals surface area contributed by atoms with E-state index in [1.54, 1.807) is 35.5 Å². The van der Waals surface area contributed by atoms with Gasteiger partial charge < -0.3 is 28.6 Å². The van der Waals surface area contributed by atoms with Crippen LogP contribution in [0.5, 0.6) is 11.5 Å².